The molecule has 1 aromatic heterocycles. The van der Waals surface area contributed by atoms with Crippen LogP contribution in [0.4, 0.5) is 30.5 Å². The van der Waals surface area contributed by atoms with E-state index in [-0.39, 0.29) is 11.6 Å². The van der Waals surface area contributed by atoms with Crippen LogP contribution in [0, 0.1) is 17.2 Å². The monoisotopic (exact) mass is 416 g/mol. The lowest BCUT2D eigenvalue weighted by molar-refractivity contribution is -0.137. The molecule has 3 heterocycles. The number of hydrogen-bond acceptors (Lipinski definition) is 6. The van der Waals surface area contributed by atoms with E-state index in [9.17, 15) is 18.4 Å². The van der Waals surface area contributed by atoms with E-state index in [0.29, 0.717) is 24.7 Å². The smallest absolute Gasteiger partial charge is 0.365 e. The zero-order chi connectivity index (χ0) is 21.5. The Labute approximate surface area is 173 Å². The summed E-state index contributed by atoms with van der Waals surface area (Å²) in [5, 5.41) is 9.54. The molecule has 0 N–H and O–H groups in total. The molecule has 9 heteroatoms. The van der Waals surface area contributed by atoms with Crippen LogP contribution in [-0.2, 0) is 6.18 Å². The summed E-state index contributed by atoms with van der Waals surface area (Å²) in [6.45, 7) is 2.09. The van der Waals surface area contributed by atoms with E-state index in [0.717, 1.165) is 37.1 Å². The largest absolute Gasteiger partial charge is 0.417 e. The van der Waals surface area contributed by atoms with E-state index in [4.69, 9.17) is 0 Å². The average Bonchev–Trinajstić information content (AvgIpc) is 3.15. The number of piperidine rings is 1. The molecular formula is C21H23F3N6. The summed E-state index contributed by atoms with van der Waals surface area (Å²) in [4.78, 5) is 15.0. The number of alkyl halides is 3. The first-order valence-electron chi connectivity index (χ1n) is 9.91. The van der Waals surface area contributed by atoms with Crippen LogP contribution in [0.15, 0.2) is 30.6 Å². The minimum atomic E-state index is -4.56. The first-order valence-corrected chi connectivity index (χ1v) is 9.91. The molecule has 2 aromatic rings. The molecule has 2 saturated heterocycles. The fourth-order valence-corrected chi connectivity index (χ4v) is 4.63. The summed E-state index contributed by atoms with van der Waals surface area (Å²) in [5.41, 5.74) is -0.799. The molecular weight excluding hydrogens is 393 g/mol. The zero-order valence-corrected chi connectivity index (χ0v) is 16.9. The van der Waals surface area contributed by atoms with Crippen LogP contribution in [0.25, 0.3) is 0 Å². The fraction of sp³-hybridized carbons (Fsp3) is 0.476. The number of benzene rings is 1. The molecule has 2 aliphatic heterocycles. The number of fused-ring (bicyclic) bond motifs is 1. The van der Waals surface area contributed by atoms with Crippen molar-refractivity contribution in [3.8, 4) is 6.07 Å². The quantitative estimate of drug-likeness (QED) is 0.763. The highest BCUT2D eigenvalue weighted by molar-refractivity contribution is 5.66. The van der Waals surface area contributed by atoms with Crippen molar-refractivity contribution in [1.29, 1.82) is 5.26 Å². The fourth-order valence-electron chi connectivity index (χ4n) is 4.63. The number of hydrogen-bond donors (Lipinski definition) is 0. The first-order chi connectivity index (χ1) is 14.3. The zero-order valence-electron chi connectivity index (χ0n) is 16.9. The van der Waals surface area contributed by atoms with Gasteiger partial charge in [0.15, 0.2) is 11.6 Å². The van der Waals surface area contributed by atoms with Crippen molar-refractivity contribution < 1.29 is 13.2 Å². The Morgan fingerprint density at radius 2 is 1.87 bits per heavy atom. The van der Waals surface area contributed by atoms with Gasteiger partial charge in [-0.1, -0.05) is 6.07 Å². The van der Waals surface area contributed by atoms with E-state index in [1.54, 1.807) is 24.5 Å². The Hall–Kier alpha value is -3.02. The number of aromatic nitrogens is 2. The van der Waals surface area contributed by atoms with Gasteiger partial charge in [0.25, 0.3) is 0 Å². The van der Waals surface area contributed by atoms with E-state index >= 15 is 0 Å². The number of halogens is 3. The molecule has 2 fully saturated rings. The molecule has 2 aliphatic rings. The molecule has 0 radical (unpaired) electrons. The van der Waals surface area contributed by atoms with Crippen molar-refractivity contribution in [2.24, 2.45) is 5.92 Å². The van der Waals surface area contributed by atoms with E-state index in [1.165, 1.54) is 6.07 Å². The van der Waals surface area contributed by atoms with Gasteiger partial charge < -0.3 is 14.7 Å². The molecule has 30 heavy (non-hydrogen) atoms. The van der Waals surface area contributed by atoms with Gasteiger partial charge in [-0.15, -0.1) is 0 Å². The Morgan fingerprint density at radius 1 is 1.13 bits per heavy atom. The van der Waals surface area contributed by atoms with Gasteiger partial charge in [0.1, 0.15) is 6.07 Å². The summed E-state index contributed by atoms with van der Waals surface area (Å²) in [6, 6.07) is 5.82. The number of anilines is 3. The predicted molar refractivity (Wildman–Crippen MR) is 109 cm³/mol. The van der Waals surface area contributed by atoms with Gasteiger partial charge in [0, 0.05) is 52.2 Å². The summed E-state index contributed by atoms with van der Waals surface area (Å²) < 4.78 is 40.3. The predicted octanol–water partition coefficient (Wildman–Crippen LogP) is 3.54. The molecule has 0 saturated carbocycles. The van der Waals surface area contributed by atoms with E-state index in [2.05, 4.69) is 14.9 Å². The third-order valence-corrected chi connectivity index (χ3v) is 6.02. The van der Waals surface area contributed by atoms with Crippen LogP contribution in [0.1, 0.15) is 24.0 Å². The highest BCUT2D eigenvalue weighted by Crippen LogP contribution is 2.41. The minimum Gasteiger partial charge on any atom is -0.365 e. The van der Waals surface area contributed by atoms with Gasteiger partial charge in [-0.2, -0.15) is 18.4 Å². The molecule has 0 spiro atoms. The maximum Gasteiger partial charge on any atom is 0.417 e. The topological polar surface area (TPSA) is 59.3 Å². The molecule has 2 atom stereocenters. The molecule has 158 valence electrons. The maximum absolute atomic E-state index is 13.4. The highest BCUT2D eigenvalue weighted by Gasteiger charge is 2.42. The van der Waals surface area contributed by atoms with Crippen LogP contribution < -0.4 is 14.7 Å². The molecule has 4 rings (SSSR count). The average molecular weight is 416 g/mol. The van der Waals surface area contributed by atoms with Gasteiger partial charge in [0.05, 0.1) is 16.8 Å². The van der Waals surface area contributed by atoms with Crippen molar-refractivity contribution in [2.45, 2.75) is 25.1 Å². The normalized spacial score (nSPS) is 21.3. The molecule has 0 bridgehead atoms. The summed E-state index contributed by atoms with van der Waals surface area (Å²) >= 11 is 0. The number of nitrogens with zero attached hydrogens (tertiary/aromatic N) is 6. The van der Waals surface area contributed by atoms with Gasteiger partial charge in [-0.25, -0.2) is 9.97 Å². The van der Waals surface area contributed by atoms with Gasteiger partial charge in [-0.3, -0.25) is 0 Å². The molecule has 6 nitrogen and oxygen atoms in total. The maximum atomic E-state index is 13.4. The van der Waals surface area contributed by atoms with Gasteiger partial charge in [0.2, 0.25) is 0 Å². The second-order valence-electron chi connectivity index (χ2n) is 7.95. The first kappa shape index (κ1) is 20.3. The Balaban J connectivity index is 1.67. The lowest BCUT2D eigenvalue weighted by atomic mass is 9.91. The van der Waals surface area contributed by atoms with Crippen molar-refractivity contribution in [3.63, 3.8) is 0 Å². The Bertz CT molecular complexity index is 968. The van der Waals surface area contributed by atoms with Gasteiger partial charge in [-0.05, 0) is 30.9 Å². The molecule has 1 aromatic carbocycles. The summed E-state index contributed by atoms with van der Waals surface area (Å²) in [6.07, 6.45) is 0.571. The third kappa shape index (κ3) is 3.51. The van der Waals surface area contributed by atoms with Crippen molar-refractivity contribution in [2.75, 3.05) is 48.4 Å². The summed E-state index contributed by atoms with van der Waals surface area (Å²) in [5.74, 6) is 1.91. The van der Waals surface area contributed by atoms with Crippen LogP contribution in [0.3, 0.4) is 0 Å². The third-order valence-electron chi connectivity index (χ3n) is 6.02. The van der Waals surface area contributed by atoms with Crippen molar-refractivity contribution >= 4 is 17.3 Å². The van der Waals surface area contributed by atoms with Crippen LogP contribution in [0.2, 0.25) is 0 Å². The van der Waals surface area contributed by atoms with Crippen molar-refractivity contribution in [1.82, 2.24) is 9.97 Å². The molecule has 2 unspecified atom stereocenters. The van der Waals surface area contributed by atoms with E-state index < -0.39 is 11.7 Å². The van der Waals surface area contributed by atoms with Crippen LogP contribution >= 0.6 is 0 Å². The molecule has 0 amide bonds. The second kappa shape index (κ2) is 7.67. The van der Waals surface area contributed by atoms with Crippen LogP contribution in [0.5, 0.6) is 0 Å². The number of nitriles is 1. The Kier molecular flexibility index (Phi) is 5.18. The van der Waals surface area contributed by atoms with Crippen LogP contribution in [-0.4, -0.2) is 49.7 Å². The highest BCUT2D eigenvalue weighted by atomic mass is 19.4. The Morgan fingerprint density at radius 3 is 2.57 bits per heavy atom. The minimum absolute atomic E-state index is 0.0198. The van der Waals surface area contributed by atoms with E-state index in [1.807, 2.05) is 23.9 Å². The second-order valence-corrected chi connectivity index (χ2v) is 7.95. The lowest BCUT2D eigenvalue weighted by Crippen LogP contribution is -2.49. The number of rotatable bonds is 3. The lowest BCUT2D eigenvalue weighted by Gasteiger charge is -2.40. The SMILES string of the molecule is CN(C)c1nccnc1N1CCC2CCN(c3cccc(C(F)(F)F)c3C#N)C2C1. The van der Waals surface area contributed by atoms with Crippen molar-refractivity contribution in [3.05, 3.63) is 41.7 Å². The molecule has 0 aliphatic carbocycles. The standard InChI is InChI=1S/C21H23F3N6/c1-28(2)19-20(27-9-8-26-19)29-10-6-14-7-11-30(18(14)13-29)17-5-3-4-16(15(17)12-25)21(22,23)24/h3-5,8-9,14,18H,6-7,10-11,13H2,1-2H3. The van der Waals surface area contributed by atoms with Gasteiger partial charge >= 0.3 is 6.18 Å². The summed E-state index contributed by atoms with van der Waals surface area (Å²) in [7, 11) is 3.81.